The quantitative estimate of drug-likeness (QED) is 0.702. The van der Waals surface area contributed by atoms with E-state index in [0.29, 0.717) is 25.5 Å². The van der Waals surface area contributed by atoms with E-state index in [1.54, 1.807) is 4.90 Å². The first-order valence-corrected chi connectivity index (χ1v) is 6.25. The number of aromatic nitrogens is 2. The molecule has 0 atom stereocenters. The molecule has 0 aliphatic rings. The Balaban J connectivity index is 2.38. The van der Waals surface area contributed by atoms with Crippen LogP contribution in [0.4, 0.5) is 6.01 Å². The molecule has 0 saturated carbocycles. The van der Waals surface area contributed by atoms with Crippen LogP contribution in [0.15, 0.2) is 4.42 Å². The molecule has 0 bridgehead atoms. The van der Waals surface area contributed by atoms with E-state index in [9.17, 15) is 4.79 Å². The summed E-state index contributed by atoms with van der Waals surface area (Å²) in [6, 6.07) is 0.281. The average molecular weight is 255 g/mol. The summed E-state index contributed by atoms with van der Waals surface area (Å²) in [6.45, 7) is 8.84. The van der Waals surface area contributed by atoms with Gasteiger partial charge >= 0.3 is 6.01 Å². The number of amides is 1. The highest BCUT2D eigenvalue weighted by Gasteiger charge is 2.11. The first-order chi connectivity index (χ1) is 8.71. The summed E-state index contributed by atoms with van der Waals surface area (Å²) in [4.78, 5) is 13.5. The predicted octanol–water partition coefficient (Wildman–Crippen LogP) is 0.459. The van der Waals surface area contributed by atoms with Crippen LogP contribution >= 0.6 is 0 Å². The van der Waals surface area contributed by atoms with Gasteiger partial charge in [-0.15, -0.1) is 5.10 Å². The average Bonchev–Trinajstić information content (AvgIpc) is 2.83. The van der Waals surface area contributed by atoms with E-state index < -0.39 is 0 Å². The number of nitrogens with one attached hydrogen (secondary N) is 2. The smallest absolute Gasteiger partial charge is 0.315 e. The molecule has 1 rings (SSSR count). The Labute approximate surface area is 107 Å². The summed E-state index contributed by atoms with van der Waals surface area (Å²) in [7, 11) is 0. The van der Waals surface area contributed by atoms with Crippen LogP contribution in [0.3, 0.4) is 0 Å². The Morgan fingerprint density at radius 3 is 2.61 bits per heavy atom. The third kappa shape index (κ3) is 4.33. The minimum Gasteiger partial charge on any atom is -0.407 e. The van der Waals surface area contributed by atoms with Crippen molar-refractivity contribution in [3.63, 3.8) is 0 Å². The van der Waals surface area contributed by atoms with E-state index >= 15 is 0 Å². The summed E-state index contributed by atoms with van der Waals surface area (Å²) in [6.07, 6.45) is 0. The summed E-state index contributed by atoms with van der Waals surface area (Å²) in [5.41, 5.74) is 0. The topological polar surface area (TPSA) is 83.3 Å². The van der Waals surface area contributed by atoms with Gasteiger partial charge in [-0.1, -0.05) is 12.0 Å². The molecule has 0 saturated heterocycles. The maximum absolute atomic E-state index is 11.7. The van der Waals surface area contributed by atoms with Crippen molar-refractivity contribution in [3.8, 4) is 0 Å². The number of nitrogens with zero attached hydrogens (tertiary/aromatic N) is 3. The van der Waals surface area contributed by atoms with Crippen molar-refractivity contribution in [1.29, 1.82) is 0 Å². The second-order valence-corrected chi connectivity index (χ2v) is 3.70. The molecule has 7 heteroatoms. The lowest BCUT2D eigenvalue weighted by molar-refractivity contribution is -0.128. The van der Waals surface area contributed by atoms with Crippen LogP contribution < -0.4 is 10.6 Å². The molecule has 0 aliphatic heterocycles. The van der Waals surface area contributed by atoms with Crippen molar-refractivity contribution < 1.29 is 9.21 Å². The van der Waals surface area contributed by atoms with E-state index in [4.69, 9.17) is 4.42 Å². The fourth-order valence-corrected chi connectivity index (χ4v) is 1.47. The number of likely N-dealkylation sites (N-methyl/N-ethyl adjacent to an activating group) is 1. The van der Waals surface area contributed by atoms with E-state index in [-0.39, 0.29) is 18.5 Å². The molecule has 0 unspecified atom stereocenters. The van der Waals surface area contributed by atoms with Crippen LogP contribution in [-0.2, 0) is 11.3 Å². The molecule has 0 fully saturated rings. The molecule has 1 aromatic rings. The van der Waals surface area contributed by atoms with Gasteiger partial charge in [0.25, 0.3) is 0 Å². The predicted molar refractivity (Wildman–Crippen MR) is 68.1 cm³/mol. The third-order valence-corrected chi connectivity index (χ3v) is 2.50. The normalized spacial score (nSPS) is 10.4. The zero-order valence-corrected chi connectivity index (χ0v) is 11.2. The van der Waals surface area contributed by atoms with Gasteiger partial charge in [0.2, 0.25) is 11.8 Å². The minimum absolute atomic E-state index is 0.0198. The molecular formula is C11H21N5O2. The van der Waals surface area contributed by atoms with Gasteiger partial charge in [0.15, 0.2) is 0 Å². The molecule has 7 nitrogen and oxygen atoms in total. The van der Waals surface area contributed by atoms with E-state index in [1.807, 2.05) is 20.8 Å². The molecule has 1 aromatic heterocycles. The first kappa shape index (κ1) is 14.4. The van der Waals surface area contributed by atoms with Gasteiger partial charge in [-0.3, -0.25) is 4.79 Å². The van der Waals surface area contributed by atoms with Gasteiger partial charge in [-0.25, -0.2) is 0 Å². The first-order valence-electron chi connectivity index (χ1n) is 6.25. The number of carbonyl (C=O) groups is 1. The van der Waals surface area contributed by atoms with Crippen LogP contribution in [0.1, 0.15) is 26.7 Å². The van der Waals surface area contributed by atoms with Crippen LogP contribution in [0.2, 0.25) is 0 Å². The van der Waals surface area contributed by atoms with Crippen molar-refractivity contribution in [2.45, 2.75) is 27.3 Å². The van der Waals surface area contributed by atoms with Crippen molar-refractivity contribution >= 4 is 11.9 Å². The lowest BCUT2D eigenvalue weighted by Gasteiger charge is -2.18. The molecule has 0 aromatic carbocycles. The highest BCUT2D eigenvalue weighted by Crippen LogP contribution is 2.04. The fraction of sp³-hybridized carbons (Fsp3) is 0.727. The van der Waals surface area contributed by atoms with E-state index in [0.717, 1.165) is 6.54 Å². The Morgan fingerprint density at radius 2 is 2.00 bits per heavy atom. The second kappa shape index (κ2) is 7.65. The lowest BCUT2D eigenvalue weighted by Crippen LogP contribution is -2.35. The van der Waals surface area contributed by atoms with Gasteiger partial charge in [-0.2, -0.15) is 0 Å². The highest BCUT2D eigenvalue weighted by atomic mass is 16.4. The van der Waals surface area contributed by atoms with Gasteiger partial charge in [-0.05, 0) is 20.4 Å². The van der Waals surface area contributed by atoms with Gasteiger partial charge in [0.1, 0.15) is 0 Å². The number of anilines is 1. The molecule has 0 radical (unpaired) electrons. The molecule has 1 amide bonds. The van der Waals surface area contributed by atoms with Gasteiger partial charge in [0.05, 0.1) is 13.1 Å². The Hall–Kier alpha value is -1.63. The Kier molecular flexibility index (Phi) is 6.13. The molecule has 18 heavy (non-hydrogen) atoms. The number of hydrogen-bond acceptors (Lipinski definition) is 6. The van der Waals surface area contributed by atoms with Crippen molar-refractivity contribution in [3.05, 3.63) is 5.89 Å². The zero-order valence-electron chi connectivity index (χ0n) is 11.2. The molecular weight excluding hydrogens is 234 g/mol. The molecule has 0 spiro atoms. The summed E-state index contributed by atoms with van der Waals surface area (Å²) in [5, 5.41) is 13.6. The van der Waals surface area contributed by atoms with Crippen LogP contribution in [0, 0.1) is 0 Å². The SMILES string of the molecule is CCNCc1nnc(NCC(=O)N(CC)CC)o1. The Morgan fingerprint density at radius 1 is 1.28 bits per heavy atom. The number of hydrogen-bond donors (Lipinski definition) is 2. The molecule has 102 valence electrons. The summed E-state index contributed by atoms with van der Waals surface area (Å²) >= 11 is 0. The van der Waals surface area contributed by atoms with E-state index in [1.165, 1.54) is 0 Å². The van der Waals surface area contributed by atoms with Crippen molar-refractivity contribution in [1.82, 2.24) is 20.4 Å². The Bertz CT molecular complexity index is 362. The lowest BCUT2D eigenvalue weighted by atomic mass is 10.4. The van der Waals surface area contributed by atoms with Crippen molar-refractivity contribution in [2.75, 3.05) is 31.5 Å². The van der Waals surface area contributed by atoms with Crippen molar-refractivity contribution in [2.24, 2.45) is 0 Å². The van der Waals surface area contributed by atoms with Gasteiger partial charge < -0.3 is 20.0 Å². The largest absolute Gasteiger partial charge is 0.407 e. The van der Waals surface area contributed by atoms with E-state index in [2.05, 4.69) is 20.8 Å². The fourth-order valence-electron chi connectivity index (χ4n) is 1.47. The zero-order chi connectivity index (χ0) is 13.4. The van der Waals surface area contributed by atoms with Gasteiger partial charge in [0, 0.05) is 13.1 Å². The highest BCUT2D eigenvalue weighted by molar-refractivity contribution is 5.80. The van der Waals surface area contributed by atoms with Crippen LogP contribution in [0.5, 0.6) is 0 Å². The monoisotopic (exact) mass is 255 g/mol. The third-order valence-electron chi connectivity index (χ3n) is 2.50. The molecule has 1 heterocycles. The minimum atomic E-state index is 0.0198. The maximum Gasteiger partial charge on any atom is 0.315 e. The summed E-state index contributed by atoms with van der Waals surface area (Å²) < 4.78 is 5.32. The number of rotatable bonds is 8. The van der Waals surface area contributed by atoms with Crippen LogP contribution in [0.25, 0.3) is 0 Å². The summed E-state index contributed by atoms with van der Waals surface area (Å²) in [5.74, 6) is 0.529. The molecule has 2 N–H and O–H groups in total. The second-order valence-electron chi connectivity index (χ2n) is 3.70. The standard InChI is InChI=1S/C11H21N5O2/c1-4-12-7-9-14-15-11(18-9)13-8-10(17)16(5-2)6-3/h12H,4-8H2,1-3H3,(H,13,15). The molecule has 0 aliphatic carbocycles. The maximum atomic E-state index is 11.7. The van der Waals surface area contributed by atoms with Crippen LogP contribution in [-0.4, -0.2) is 47.2 Å². The number of carbonyl (C=O) groups excluding carboxylic acids is 1.